The summed E-state index contributed by atoms with van der Waals surface area (Å²) in [6, 6.07) is 13.6. The Labute approximate surface area is 141 Å². The van der Waals surface area contributed by atoms with Gasteiger partial charge in [-0.2, -0.15) is 0 Å². The summed E-state index contributed by atoms with van der Waals surface area (Å²) in [5.74, 6) is 2.21. The van der Waals surface area contributed by atoms with Crippen LogP contribution in [0.2, 0.25) is 0 Å². The second-order valence-corrected chi connectivity index (χ2v) is 5.56. The van der Waals surface area contributed by atoms with Crippen LogP contribution in [0.4, 0.5) is 0 Å². The molecule has 24 heavy (non-hydrogen) atoms. The van der Waals surface area contributed by atoms with E-state index in [-0.39, 0.29) is 12.7 Å². The number of hydrogen-bond donors (Lipinski definition) is 1. The Morgan fingerprint density at radius 3 is 2.62 bits per heavy atom. The van der Waals surface area contributed by atoms with E-state index in [1.165, 1.54) is 5.56 Å². The molecule has 5 heteroatoms. The van der Waals surface area contributed by atoms with Crippen LogP contribution in [0.5, 0.6) is 17.2 Å². The van der Waals surface area contributed by atoms with Gasteiger partial charge in [0.1, 0.15) is 5.75 Å². The molecule has 1 aliphatic heterocycles. The van der Waals surface area contributed by atoms with Gasteiger partial charge in [0.2, 0.25) is 12.7 Å². The van der Waals surface area contributed by atoms with Gasteiger partial charge in [0.05, 0.1) is 13.0 Å². The Bertz CT molecular complexity index is 697. The maximum atomic E-state index is 11.9. The predicted molar refractivity (Wildman–Crippen MR) is 90.3 cm³/mol. The molecule has 5 nitrogen and oxygen atoms in total. The molecule has 0 saturated carbocycles. The van der Waals surface area contributed by atoms with E-state index in [0.717, 1.165) is 29.2 Å². The van der Waals surface area contributed by atoms with E-state index < -0.39 is 0 Å². The highest BCUT2D eigenvalue weighted by Crippen LogP contribution is 2.32. The Morgan fingerprint density at radius 1 is 1.08 bits per heavy atom. The van der Waals surface area contributed by atoms with Gasteiger partial charge >= 0.3 is 0 Å². The molecule has 2 aromatic carbocycles. The maximum Gasteiger partial charge on any atom is 0.231 e. The molecule has 1 heterocycles. The fraction of sp³-hybridized carbons (Fsp3) is 0.316. The highest BCUT2D eigenvalue weighted by atomic mass is 16.7. The lowest BCUT2D eigenvalue weighted by molar-refractivity contribution is -0.121. The molecule has 126 valence electrons. The Kier molecular flexibility index (Phi) is 5.21. The number of nitrogens with one attached hydrogen (secondary N) is 1. The van der Waals surface area contributed by atoms with Crippen molar-refractivity contribution in [2.24, 2.45) is 0 Å². The minimum atomic E-state index is -0.0437. The van der Waals surface area contributed by atoms with Gasteiger partial charge in [-0.3, -0.25) is 4.79 Å². The average molecular weight is 327 g/mol. The second kappa shape index (κ2) is 7.73. The Balaban J connectivity index is 1.39. The molecule has 3 rings (SSSR count). The third-order valence-electron chi connectivity index (χ3n) is 3.86. The van der Waals surface area contributed by atoms with Crippen LogP contribution in [-0.2, 0) is 17.8 Å². The first kappa shape index (κ1) is 16.2. The minimum absolute atomic E-state index is 0.0437. The summed E-state index contributed by atoms with van der Waals surface area (Å²) in [6.07, 6.45) is 1.32. The van der Waals surface area contributed by atoms with Crippen LogP contribution in [-0.4, -0.2) is 19.3 Å². The zero-order chi connectivity index (χ0) is 16.8. The zero-order valence-corrected chi connectivity index (χ0v) is 13.7. The standard InChI is InChI=1S/C19H21NO4/c1-2-14-3-6-16(7-4-14)22-10-9-19(21)20-12-15-5-8-17-18(11-15)24-13-23-17/h3-8,11H,2,9-10,12-13H2,1H3,(H,20,21). The number of amides is 1. The third-order valence-corrected chi connectivity index (χ3v) is 3.86. The lowest BCUT2D eigenvalue weighted by Gasteiger charge is -2.08. The van der Waals surface area contributed by atoms with Crippen molar-refractivity contribution in [2.45, 2.75) is 26.3 Å². The lowest BCUT2D eigenvalue weighted by atomic mass is 10.2. The number of carbonyl (C=O) groups excluding carboxylic acids is 1. The van der Waals surface area contributed by atoms with E-state index >= 15 is 0 Å². The molecule has 1 amide bonds. The highest BCUT2D eigenvalue weighted by molar-refractivity contribution is 5.76. The van der Waals surface area contributed by atoms with E-state index in [4.69, 9.17) is 14.2 Å². The third kappa shape index (κ3) is 4.19. The molecule has 1 aliphatic rings. The van der Waals surface area contributed by atoms with Crippen molar-refractivity contribution in [3.8, 4) is 17.2 Å². The van der Waals surface area contributed by atoms with Crippen molar-refractivity contribution in [1.29, 1.82) is 0 Å². The van der Waals surface area contributed by atoms with Gasteiger partial charge in [-0.15, -0.1) is 0 Å². The minimum Gasteiger partial charge on any atom is -0.493 e. The summed E-state index contributed by atoms with van der Waals surface area (Å²) in [5.41, 5.74) is 2.24. The van der Waals surface area contributed by atoms with Crippen molar-refractivity contribution in [3.63, 3.8) is 0 Å². The van der Waals surface area contributed by atoms with Crippen LogP contribution >= 0.6 is 0 Å². The van der Waals surface area contributed by atoms with Gasteiger partial charge < -0.3 is 19.5 Å². The fourth-order valence-corrected chi connectivity index (χ4v) is 2.42. The summed E-state index contributed by atoms with van der Waals surface area (Å²) >= 11 is 0. The zero-order valence-electron chi connectivity index (χ0n) is 13.7. The maximum absolute atomic E-state index is 11.9. The number of aryl methyl sites for hydroxylation is 1. The molecule has 1 N–H and O–H groups in total. The van der Waals surface area contributed by atoms with Crippen molar-refractivity contribution in [2.75, 3.05) is 13.4 Å². The van der Waals surface area contributed by atoms with Gasteiger partial charge in [0, 0.05) is 6.54 Å². The van der Waals surface area contributed by atoms with E-state index in [1.807, 2.05) is 42.5 Å². The van der Waals surface area contributed by atoms with Crippen LogP contribution in [0.1, 0.15) is 24.5 Å². The molecule has 0 unspecified atom stereocenters. The van der Waals surface area contributed by atoms with Crippen LogP contribution in [0.25, 0.3) is 0 Å². The molecule has 0 aromatic heterocycles. The van der Waals surface area contributed by atoms with E-state index in [1.54, 1.807) is 0 Å². The van der Waals surface area contributed by atoms with Crippen molar-refractivity contribution >= 4 is 5.91 Å². The summed E-state index contributed by atoms with van der Waals surface area (Å²) in [4.78, 5) is 11.9. The van der Waals surface area contributed by atoms with E-state index in [0.29, 0.717) is 19.6 Å². The smallest absolute Gasteiger partial charge is 0.231 e. The quantitative estimate of drug-likeness (QED) is 0.849. The van der Waals surface area contributed by atoms with Crippen molar-refractivity contribution in [1.82, 2.24) is 5.32 Å². The van der Waals surface area contributed by atoms with Gasteiger partial charge in [-0.1, -0.05) is 25.1 Å². The number of benzene rings is 2. The SMILES string of the molecule is CCc1ccc(OCCC(=O)NCc2ccc3c(c2)OCO3)cc1. The average Bonchev–Trinajstić information content (AvgIpc) is 3.08. The predicted octanol–water partition coefficient (Wildman–Crippen LogP) is 3.06. The first-order valence-electron chi connectivity index (χ1n) is 8.11. The van der Waals surface area contributed by atoms with Gasteiger partial charge in [-0.05, 0) is 41.8 Å². The molecular formula is C19H21NO4. The number of ether oxygens (including phenoxy) is 3. The van der Waals surface area contributed by atoms with E-state index in [2.05, 4.69) is 12.2 Å². The van der Waals surface area contributed by atoms with Crippen molar-refractivity contribution < 1.29 is 19.0 Å². The Hall–Kier alpha value is -2.69. The molecule has 0 radical (unpaired) electrons. The first-order chi connectivity index (χ1) is 11.7. The summed E-state index contributed by atoms with van der Waals surface area (Å²) in [5, 5.41) is 2.88. The number of fused-ring (bicyclic) bond motifs is 1. The van der Waals surface area contributed by atoms with Crippen LogP contribution < -0.4 is 19.5 Å². The molecule has 0 aliphatic carbocycles. The topological polar surface area (TPSA) is 56.8 Å². The number of rotatable bonds is 7. The number of hydrogen-bond acceptors (Lipinski definition) is 4. The molecule has 2 aromatic rings. The Morgan fingerprint density at radius 2 is 1.83 bits per heavy atom. The van der Waals surface area contributed by atoms with E-state index in [9.17, 15) is 4.79 Å². The summed E-state index contributed by atoms with van der Waals surface area (Å²) in [7, 11) is 0. The highest BCUT2D eigenvalue weighted by Gasteiger charge is 2.13. The summed E-state index contributed by atoms with van der Waals surface area (Å²) in [6.45, 7) is 3.18. The second-order valence-electron chi connectivity index (χ2n) is 5.56. The van der Waals surface area contributed by atoms with Crippen LogP contribution in [0.3, 0.4) is 0 Å². The fourth-order valence-electron chi connectivity index (χ4n) is 2.42. The largest absolute Gasteiger partial charge is 0.493 e. The van der Waals surface area contributed by atoms with Crippen LogP contribution in [0, 0.1) is 0 Å². The van der Waals surface area contributed by atoms with Gasteiger partial charge in [0.15, 0.2) is 11.5 Å². The normalized spacial score (nSPS) is 12.0. The van der Waals surface area contributed by atoms with Gasteiger partial charge in [0.25, 0.3) is 0 Å². The van der Waals surface area contributed by atoms with Gasteiger partial charge in [-0.25, -0.2) is 0 Å². The first-order valence-corrected chi connectivity index (χ1v) is 8.11. The lowest BCUT2D eigenvalue weighted by Crippen LogP contribution is -2.24. The number of carbonyl (C=O) groups is 1. The van der Waals surface area contributed by atoms with Crippen molar-refractivity contribution in [3.05, 3.63) is 53.6 Å². The molecule has 0 fully saturated rings. The summed E-state index contributed by atoms with van der Waals surface area (Å²) < 4.78 is 16.2. The molecule has 0 spiro atoms. The molecule has 0 atom stereocenters. The molecular weight excluding hydrogens is 306 g/mol. The molecule has 0 saturated heterocycles. The monoisotopic (exact) mass is 327 g/mol. The van der Waals surface area contributed by atoms with Crippen LogP contribution in [0.15, 0.2) is 42.5 Å². The molecule has 0 bridgehead atoms.